The number of aromatic nitrogens is 1. The minimum absolute atomic E-state index is 0.0438. The molecule has 3 nitrogen and oxygen atoms in total. The SMILES string of the molecule is CC(C(=O)N(CCc1ccccc1F)Cc1cccnc1)C1CC1. The van der Waals surface area contributed by atoms with Crippen LogP contribution < -0.4 is 0 Å². The third-order valence-electron chi connectivity index (χ3n) is 4.74. The molecule has 0 saturated heterocycles. The monoisotopic (exact) mass is 326 g/mol. The van der Waals surface area contributed by atoms with Crippen molar-refractivity contribution >= 4 is 5.91 Å². The molecule has 1 amide bonds. The van der Waals surface area contributed by atoms with Crippen molar-refractivity contribution in [1.82, 2.24) is 9.88 Å². The third kappa shape index (κ3) is 4.19. The van der Waals surface area contributed by atoms with Gasteiger partial charge in [0.25, 0.3) is 0 Å². The molecule has 1 atom stereocenters. The molecule has 0 aliphatic heterocycles. The van der Waals surface area contributed by atoms with Gasteiger partial charge in [0, 0.05) is 31.4 Å². The quantitative estimate of drug-likeness (QED) is 0.774. The second-order valence-corrected chi connectivity index (χ2v) is 6.59. The predicted octanol–water partition coefficient (Wildman–Crippen LogP) is 3.84. The van der Waals surface area contributed by atoms with Gasteiger partial charge in [0.05, 0.1) is 0 Å². The second kappa shape index (κ2) is 7.56. The number of nitrogens with zero attached hydrogens (tertiary/aromatic N) is 2. The van der Waals surface area contributed by atoms with E-state index in [-0.39, 0.29) is 17.6 Å². The molecule has 3 rings (SSSR count). The minimum Gasteiger partial charge on any atom is -0.338 e. The van der Waals surface area contributed by atoms with E-state index in [1.54, 1.807) is 24.5 Å². The van der Waals surface area contributed by atoms with Gasteiger partial charge >= 0.3 is 0 Å². The Morgan fingerprint density at radius 1 is 1.29 bits per heavy atom. The van der Waals surface area contributed by atoms with Crippen LogP contribution in [0.1, 0.15) is 30.9 Å². The summed E-state index contributed by atoms with van der Waals surface area (Å²) in [6.07, 6.45) is 6.31. The molecule has 1 fully saturated rings. The fourth-order valence-electron chi connectivity index (χ4n) is 3.02. The van der Waals surface area contributed by atoms with Gasteiger partial charge in [-0.15, -0.1) is 0 Å². The van der Waals surface area contributed by atoms with E-state index in [9.17, 15) is 9.18 Å². The number of amides is 1. The van der Waals surface area contributed by atoms with Crippen molar-refractivity contribution in [2.45, 2.75) is 32.7 Å². The summed E-state index contributed by atoms with van der Waals surface area (Å²) in [6.45, 7) is 3.06. The Kier molecular flexibility index (Phi) is 5.24. The Labute approximate surface area is 142 Å². The highest BCUT2D eigenvalue weighted by Crippen LogP contribution is 2.37. The largest absolute Gasteiger partial charge is 0.338 e. The maximum absolute atomic E-state index is 13.9. The summed E-state index contributed by atoms with van der Waals surface area (Å²) in [5, 5.41) is 0. The molecule has 0 bridgehead atoms. The molecule has 1 saturated carbocycles. The molecule has 1 aromatic heterocycles. The zero-order valence-corrected chi connectivity index (χ0v) is 14.0. The predicted molar refractivity (Wildman–Crippen MR) is 91.6 cm³/mol. The van der Waals surface area contributed by atoms with E-state index in [2.05, 4.69) is 4.98 Å². The van der Waals surface area contributed by atoms with E-state index in [4.69, 9.17) is 0 Å². The van der Waals surface area contributed by atoms with Crippen LogP contribution in [0.2, 0.25) is 0 Å². The van der Waals surface area contributed by atoms with Crippen LogP contribution in [0, 0.1) is 17.7 Å². The first-order valence-electron chi connectivity index (χ1n) is 8.56. The maximum Gasteiger partial charge on any atom is 0.225 e. The molecule has 0 spiro atoms. The second-order valence-electron chi connectivity index (χ2n) is 6.59. The number of hydrogen-bond acceptors (Lipinski definition) is 2. The van der Waals surface area contributed by atoms with Gasteiger partial charge in [0.15, 0.2) is 0 Å². The lowest BCUT2D eigenvalue weighted by molar-refractivity contribution is -0.136. The van der Waals surface area contributed by atoms with Crippen LogP contribution in [0.5, 0.6) is 0 Å². The van der Waals surface area contributed by atoms with Crippen LogP contribution in [0.4, 0.5) is 4.39 Å². The van der Waals surface area contributed by atoms with Gasteiger partial charge in [-0.1, -0.05) is 31.2 Å². The molecule has 1 heterocycles. The normalized spacial score (nSPS) is 15.1. The number of benzene rings is 1. The molecule has 2 aromatic rings. The van der Waals surface area contributed by atoms with Crippen molar-refractivity contribution in [2.75, 3.05) is 6.54 Å². The lowest BCUT2D eigenvalue weighted by Gasteiger charge is -2.26. The summed E-state index contributed by atoms with van der Waals surface area (Å²) in [7, 11) is 0. The first-order valence-corrected chi connectivity index (χ1v) is 8.56. The number of hydrogen-bond donors (Lipinski definition) is 0. The molecule has 1 aliphatic carbocycles. The fourth-order valence-corrected chi connectivity index (χ4v) is 3.02. The fraction of sp³-hybridized carbons (Fsp3) is 0.400. The summed E-state index contributed by atoms with van der Waals surface area (Å²) in [4.78, 5) is 18.8. The van der Waals surface area contributed by atoms with E-state index < -0.39 is 0 Å². The van der Waals surface area contributed by atoms with Crippen LogP contribution in [0.25, 0.3) is 0 Å². The molecule has 0 radical (unpaired) electrons. The lowest BCUT2D eigenvalue weighted by atomic mass is 10.0. The van der Waals surface area contributed by atoms with E-state index in [0.717, 1.165) is 18.4 Å². The van der Waals surface area contributed by atoms with Crippen LogP contribution in [0.3, 0.4) is 0 Å². The summed E-state index contributed by atoms with van der Waals surface area (Å²) < 4.78 is 13.9. The van der Waals surface area contributed by atoms with Gasteiger partial charge in [0.2, 0.25) is 5.91 Å². The average molecular weight is 326 g/mol. The summed E-state index contributed by atoms with van der Waals surface area (Å²) in [5.41, 5.74) is 1.66. The van der Waals surface area contributed by atoms with Gasteiger partial charge in [-0.25, -0.2) is 4.39 Å². The molecule has 126 valence electrons. The first kappa shape index (κ1) is 16.6. The standard InChI is InChI=1S/C20H23FN2O/c1-15(17-8-9-17)20(24)23(14-16-5-4-11-22-13-16)12-10-18-6-2-3-7-19(18)21/h2-7,11,13,15,17H,8-10,12,14H2,1H3. The Morgan fingerprint density at radius 3 is 2.75 bits per heavy atom. The van der Waals surface area contributed by atoms with Crippen LogP contribution in [-0.4, -0.2) is 22.3 Å². The third-order valence-corrected chi connectivity index (χ3v) is 4.74. The van der Waals surface area contributed by atoms with Gasteiger partial charge in [0.1, 0.15) is 5.82 Å². The van der Waals surface area contributed by atoms with Crippen molar-refractivity contribution in [3.05, 3.63) is 65.7 Å². The van der Waals surface area contributed by atoms with Crippen molar-refractivity contribution < 1.29 is 9.18 Å². The van der Waals surface area contributed by atoms with E-state index >= 15 is 0 Å². The Balaban J connectivity index is 1.71. The van der Waals surface area contributed by atoms with Crippen molar-refractivity contribution in [2.24, 2.45) is 11.8 Å². The maximum atomic E-state index is 13.9. The molecule has 1 aromatic carbocycles. The molecule has 0 N–H and O–H groups in total. The topological polar surface area (TPSA) is 33.2 Å². The molecule has 24 heavy (non-hydrogen) atoms. The molecular formula is C20H23FN2O. The molecular weight excluding hydrogens is 303 g/mol. The number of carbonyl (C=O) groups excluding carboxylic acids is 1. The van der Waals surface area contributed by atoms with Crippen LogP contribution in [-0.2, 0) is 17.8 Å². The van der Waals surface area contributed by atoms with Crippen LogP contribution >= 0.6 is 0 Å². The van der Waals surface area contributed by atoms with Gasteiger partial charge in [-0.2, -0.15) is 0 Å². The molecule has 1 unspecified atom stereocenters. The van der Waals surface area contributed by atoms with Crippen molar-refractivity contribution in [3.63, 3.8) is 0 Å². The number of carbonyl (C=O) groups is 1. The molecule has 4 heteroatoms. The van der Waals surface area contributed by atoms with Gasteiger partial charge in [-0.3, -0.25) is 9.78 Å². The zero-order chi connectivity index (χ0) is 16.9. The highest BCUT2D eigenvalue weighted by atomic mass is 19.1. The van der Waals surface area contributed by atoms with Crippen LogP contribution in [0.15, 0.2) is 48.8 Å². The van der Waals surface area contributed by atoms with E-state index in [1.807, 2.05) is 30.0 Å². The average Bonchev–Trinajstić information content (AvgIpc) is 3.44. The lowest BCUT2D eigenvalue weighted by Crippen LogP contribution is -2.37. The van der Waals surface area contributed by atoms with E-state index in [1.165, 1.54) is 6.07 Å². The Hall–Kier alpha value is -2.23. The summed E-state index contributed by atoms with van der Waals surface area (Å²) in [6, 6.07) is 10.6. The number of rotatable bonds is 7. The number of halogens is 1. The van der Waals surface area contributed by atoms with Crippen molar-refractivity contribution in [1.29, 1.82) is 0 Å². The Morgan fingerprint density at radius 2 is 2.08 bits per heavy atom. The van der Waals surface area contributed by atoms with Gasteiger partial charge < -0.3 is 4.90 Å². The Bertz CT molecular complexity index is 685. The highest BCUT2D eigenvalue weighted by molar-refractivity contribution is 5.79. The summed E-state index contributed by atoms with van der Waals surface area (Å²) in [5.74, 6) is 0.517. The first-order chi connectivity index (χ1) is 11.6. The highest BCUT2D eigenvalue weighted by Gasteiger charge is 2.34. The molecule has 1 aliphatic rings. The number of pyridine rings is 1. The minimum atomic E-state index is -0.207. The zero-order valence-electron chi connectivity index (χ0n) is 14.0. The summed E-state index contributed by atoms with van der Waals surface area (Å²) >= 11 is 0. The van der Waals surface area contributed by atoms with Crippen molar-refractivity contribution in [3.8, 4) is 0 Å². The van der Waals surface area contributed by atoms with Gasteiger partial charge in [-0.05, 0) is 48.4 Å². The van der Waals surface area contributed by atoms with E-state index in [0.29, 0.717) is 31.0 Å². The smallest absolute Gasteiger partial charge is 0.225 e.